The molecule has 1 aromatic carbocycles. The van der Waals surface area contributed by atoms with Crippen LogP contribution in [0, 0.1) is 5.82 Å². The number of benzene rings is 1. The van der Waals surface area contributed by atoms with E-state index in [0.29, 0.717) is 0 Å². The van der Waals surface area contributed by atoms with Gasteiger partial charge in [0.15, 0.2) is 5.82 Å². The maximum Gasteiger partial charge on any atom is 0.350 e. The molecule has 0 saturated carbocycles. The van der Waals surface area contributed by atoms with Gasteiger partial charge in [-0.1, -0.05) is 11.6 Å². The normalized spacial score (nSPS) is 10.6. The van der Waals surface area contributed by atoms with Crippen molar-refractivity contribution >= 4 is 35.3 Å². The third-order valence-corrected chi connectivity index (χ3v) is 2.85. The molecule has 8 heteroatoms. The Bertz CT molecular complexity index is 653. The van der Waals surface area contributed by atoms with E-state index in [9.17, 15) is 18.8 Å². The van der Waals surface area contributed by atoms with Crippen molar-refractivity contribution in [2.45, 2.75) is 26.4 Å². The molecule has 0 fully saturated rings. The molecular weight excluding hydrogens is 317 g/mol. The second-order valence-corrected chi connectivity index (χ2v) is 5.01. The first-order chi connectivity index (χ1) is 10.2. The maximum atomic E-state index is 13.5. The molecule has 0 N–H and O–H groups in total. The topological polar surface area (TPSA) is 82.0 Å². The molecule has 0 aliphatic rings. The second kappa shape index (κ2) is 7.15. The SMILES string of the molecule is CCOC(=O)C(C)(C)OC(=O)c1cc(N=C=O)c(F)cc1Cl. The summed E-state index contributed by atoms with van der Waals surface area (Å²) in [7, 11) is 0. The summed E-state index contributed by atoms with van der Waals surface area (Å²) in [6.07, 6.45) is 1.16. The van der Waals surface area contributed by atoms with Gasteiger partial charge in [-0.25, -0.2) is 18.8 Å². The van der Waals surface area contributed by atoms with E-state index in [-0.39, 0.29) is 17.2 Å². The van der Waals surface area contributed by atoms with Crippen molar-refractivity contribution < 1.29 is 28.2 Å². The first-order valence-electron chi connectivity index (χ1n) is 6.20. The first-order valence-corrected chi connectivity index (χ1v) is 6.58. The Balaban J connectivity index is 3.10. The molecule has 1 aromatic rings. The van der Waals surface area contributed by atoms with E-state index in [1.54, 1.807) is 6.92 Å². The fourth-order valence-corrected chi connectivity index (χ4v) is 1.69. The summed E-state index contributed by atoms with van der Waals surface area (Å²) in [5.74, 6) is -2.62. The van der Waals surface area contributed by atoms with Gasteiger partial charge >= 0.3 is 11.9 Å². The maximum absolute atomic E-state index is 13.5. The first kappa shape index (κ1) is 17.8. The molecule has 0 saturated heterocycles. The highest BCUT2D eigenvalue weighted by atomic mass is 35.5. The molecule has 0 aliphatic heterocycles. The van der Waals surface area contributed by atoms with Crippen molar-refractivity contribution in [2.24, 2.45) is 4.99 Å². The zero-order valence-electron chi connectivity index (χ0n) is 12.1. The minimum atomic E-state index is -1.56. The van der Waals surface area contributed by atoms with Crippen LogP contribution in [0.4, 0.5) is 10.1 Å². The van der Waals surface area contributed by atoms with Gasteiger partial charge in [-0.2, -0.15) is 4.99 Å². The molecule has 0 unspecified atom stereocenters. The Kier molecular flexibility index (Phi) is 5.79. The Morgan fingerprint density at radius 3 is 2.59 bits per heavy atom. The lowest BCUT2D eigenvalue weighted by Crippen LogP contribution is -2.38. The van der Waals surface area contributed by atoms with Crippen molar-refractivity contribution in [1.82, 2.24) is 0 Å². The predicted octanol–water partition coefficient (Wildman–Crippen LogP) is 2.94. The largest absolute Gasteiger partial charge is 0.463 e. The number of aliphatic imine (C=N–C) groups is 1. The minimum absolute atomic E-state index is 0.120. The Hall–Kier alpha value is -2.24. The van der Waals surface area contributed by atoms with E-state index in [1.807, 2.05) is 0 Å². The predicted molar refractivity (Wildman–Crippen MR) is 75.3 cm³/mol. The Morgan fingerprint density at radius 2 is 2.05 bits per heavy atom. The van der Waals surface area contributed by atoms with Gasteiger partial charge in [-0.3, -0.25) is 0 Å². The standard InChI is InChI=1S/C14H13ClFNO5/c1-4-21-13(20)14(2,3)22-12(19)8-5-11(17-7-18)10(16)6-9(8)15/h5-6H,4H2,1-3H3. The number of esters is 2. The van der Waals surface area contributed by atoms with Gasteiger partial charge in [0.05, 0.1) is 17.2 Å². The minimum Gasteiger partial charge on any atom is -0.463 e. The van der Waals surface area contributed by atoms with E-state index in [0.717, 1.165) is 18.2 Å². The quantitative estimate of drug-likeness (QED) is 0.471. The number of carbonyl (C=O) groups is 2. The van der Waals surface area contributed by atoms with Crippen LogP contribution in [-0.4, -0.2) is 30.2 Å². The summed E-state index contributed by atoms with van der Waals surface area (Å²) in [6.45, 7) is 4.40. The average Bonchev–Trinajstić information content (AvgIpc) is 2.41. The van der Waals surface area contributed by atoms with Gasteiger partial charge in [0.25, 0.3) is 0 Å². The highest BCUT2D eigenvalue weighted by molar-refractivity contribution is 6.33. The highest BCUT2D eigenvalue weighted by Crippen LogP contribution is 2.28. The number of isocyanates is 1. The van der Waals surface area contributed by atoms with E-state index in [2.05, 4.69) is 4.99 Å². The van der Waals surface area contributed by atoms with Crippen LogP contribution in [0.2, 0.25) is 5.02 Å². The van der Waals surface area contributed by atoms with Crippen LogP contribution in [0.25, 0.3) is 0 Å². The van der Waals surface area contributed by atoms with E-state index < -0.39 is 29.0 Å². The molecule has 22 heavy (non-hydrogen) atoms. The number of halogens is 2. The Morgan fingerprint density at radius 1 is 1.41 bits per heavy atom. The molecule has 0 aliphatic carbocycles. The zero-order chi connectivity index (χ0) is 16.9. The second-order valence-electron chi connectivity index (χ2n) is 4.61. The van der Waals surface area contributed by atoms with E-state index in [1.165, 1.54) is 13.8 Å². The number of hydrogen-bond acceptors (Lipinski definition) is 6. The lowest BCUT2D eigenvalue weighted by molar-refractivity contribution is -0.161. The lowest BCUT2D eigenvalue weighted by Gasteiger charge is -2.23. The van der Waals surface area contributed by atoms with Crippen LogP contribution in [0.1, 0.15) is 31.1 Å². The molecule has 6 nitrogen and oxygen atoms in total. The number of nitrogens with zero attached hydrogens (tertiary/aromatic N) is 1. The van der Waals surface area contributed by atoms with Crippen molar-refractivity contribution in [1.29, 1.82) is 0 Å². The third kappa shape index (κ3) is 4.13. The van der Waals surface area contributed by atoms with Crippen LogP contribution < -0.4 is 0 Å². The molecule has 0 atom stereocenters. The molecule has 0 bridgehead atoms. The van der Waals surface area contributed by atoms with Gasteiger partial charge in [0, 0.05) is 0 Å². The number of hydrogen-bond donors (Lipinski definition) is 0. The fourth-order valence-electron chi connectivity index (χ4n) is 1.46. The van der Waals surface area contributed by atoms with Crippen LogP contribution in [0.5, 0.6) is 0 Å². The summed E-state index contributed by atoms with van der Waals surface area (Å²) in [5, 5.41) is -0.244. The molecule has 118 valence electrons. The molecule has 0 aromatic heterocycles. The third-order valence-electron chi connectivity index (χ3n) is 2.54. The van der Waals surface area contributed by atoms with Crippen molar-refractivity contribution in [3.05, 3.63) is 28.5 Å². The highest BCUT2D eigenvalue weighted by Gasteiger charge is 2.34. The fraction of sp³-hybridized carbons (Fsp3) is 0.357. The van der Waals surface area contributed by atoms with E-state index in [4.69, 9.17) is 21.1 Å². The summed E-state index contributed by atoms with van der Waals surface area (Å²) >= 11 is 5.77. The van der Waals surface area contributed by atoms with Crippen LogP contribution in [0.15, 0.2) is 17.1 Å². The lowest BCUT2D eigenvalue weighted by atomic mass is 10.1. The van der Waals surface area contributed by atoms with Crippen molar-refractivity contribution in [2.75, 3.05) is 6.61 Å². The smallest absolute Gasteiger partial charge is 0.350 e. The van der Waals surface area contributed by atoms with Crippen LogP contribution in [0.3, 0.4) is 0 Å². The monoisotopic (exact) mass is 329 g/mol. The summed E-state index contributed by atoms with van der Waals surface area (Å²) in [6, 6.07) is 1.75. The summed E-state index contributed by atoms with van der Waals surface area (Å²) in [4.78, 5) is 37.1. The molecule has 1 rings (SSSR count). The summed E-state index contributed by atoms with van der Waals surface area (Å²) < 4.78 is 23.3. The van der Waals surface area contributed by atoms with Gasteiger partial charge in [0.2, 0.25) is 11.7 Å². The van der Waals surface area contributed by atoms with Gasteiger partial charge in [-0.05, 0) is 32.9 Å². The van der Waals surface area contributed by atoms with Crippen LogP contribution >= 0.6 is 11.6 Å². The van der Waals surface area contributed by atoms with Gasteiger partial charge in [0.1, 0.15) is 5.69 Å². The van der Waals surface area contributed by atoms with Crippen molar-refractivity contribution in [3.8, 4) is 0 Å². The van der Waals surface area contributed by atoms with E-state index >= 15 is 0 Å². The number of carbonyl (C=O) groups excluding carboxylic acids is 3. The van der Waals surface area contributed by atoms with Gasteiger partial charge < -0.3 is 9.47 Å². The van der Waals surface area contributed by atoms with Gasteiger partial charge in [-0.15, -0.1) is 0 Å². The van der Waals surface area contributed by atoms with Crippen molar-refractivity contribution in [3.63, 3.8) is 0 Å². The van der Waals surface area contributed by atoms with Crippen LogP contribution in [-0.2, 0) is 19.1 Å². The average molecular weight is 330 g/mol. The number of ether oxygens (including phenoxy) is 2. The molecule has 0 radical (unpaired) electrons. The molecular formula is C14H13ClFNO5. The molecule has 0 amide bonds. The summed E-state index contributed by atoms with van der Waals surface area (Å²) in [5.41, 5.74) is -2.21. The zero-order valence-corrected chi connectivity index (χ0v) is 12.9. The Labute approximate surface area is 130 Å². The number of rotatable bonds is 5. The molecule has 0 heterocycles. The molecule has 0 spiro atoms.